The summed E-state index contributed by atoms with van der Waals surface area (Å²) in [4.78, 5) is 16.2. The van der Waals surface area contributed by atoms with Gasteiger partial charge in [0.05, 0.1) is 5.69 Å². The van der Waals surface area contributed by atoms with Gasteiger partial charge in [-0.25, -0.2) is 4.99 Å². The van der Waals surface area contributed by atoms with Crippen molar-refractivity contribution < 1.29 is 9.32 Å². The van der Waals surface area contributed by atoms with Crippen LogP contribution in [0.25, 0.3) is 0 Å². The quantitative estimate of drug-likeness (QED) is 0.341. The smallest absolute Gasteiger partial charge is 0.242 e. The minimum atomic E-state index is -0.254. The Morgan fingerprint density at radius 2 is 1.92 bits per heavy atom. The number of nitrogens with one attached hydrogen (secondary N) is 3. The maximum Gasteiger partial charge on any atom is 0.242 e. The number of rotatable bonds is 6. The predicted octanol–water partition coefficient (Wildman–Crippen LogP) is 2.48. The molecule has 0 fully saturated rings. The normalized spacial score (nSPS) is 13.0. The van der Waals surface area contributed by atoms with Crippen molar-refractivity contribution in [3.05, 3.63) is 17.0 Å². The van der Waals surface area contributed by atoms with Crippen molar-refractivity contribution in [3.8, 4) is 0 Å². The maximum atomic E-state index is 11.9. The number of hydrogen-bond donors (Lipinski definition) is 3. The van der Waals surface area contributed by atoms with Gasteiger partial charge in [0, 0.05) is 30.1 Å². The van der Waals surface area contributed by atoms with Gasteiger partial charge >= 0.3 is 0 Å². The van der Waals surface area contributed by atoms with Crippen LogP contribution in [0.4, 0.5) is 0 Å². The van der Waals surface area contributed by atoms with E-state index in [1.54, 1.807) is 0 Å². The van der Waals surface area contributed by atoms with Gasteiger partial charge in [0.2, 0.25) is 5.91 Å². The third-order valence-electron chi connectivity index (χ3n) is 3.40. The molecule has 1 aromatic rings. The standard InChI is InChI=1S/C17H31N5O2.HI/c1-8-18-16(20-10-14(23)21-17(5,6)7)19-9-11(2)15-12(3)22-24-13(15)4;/h11H,8-10H2,1-7H3,(H,21,23)(H2,18,19,20);1H. The van der Waals surface area contributed by atoms with E-state index in [1.165, 1.54) is 0 Å². The zero-order chi connectivity index (χ0) is 18.3. The number of guanidine groups is 1. The molecule has 1 rings (SSSR count). The van der Waals surface area contributed by atoms with Gasteiger partial charge in [-0.3, -0.25) is 4.79 Å². The zero-order valence-electron chi connectivity index (χ0n) is 16.3. The van der Waals surface area contributed by atoms with Crippen molar-refractivity contribution in [2.45, 2.75) is 59.9 Å². The first-order chi connectivity index (χ1) is 11.1. The molecule has 0 saturated carbocycles. The summed E-state index contributed by atoms with van der Waals surface area (Å²) in [6.07, 6.45) is 0. The molecule has 0 spiro atoms. The number of carbonyl (C=O) groups excluding carboxylic acids is 1. The second-order valence-corrected chi connectivity index (χ2v) is 7.01. The van der Waals surface area contributed by atoms with Gasteiger partial charge in [-0.2, -0.15) is 0 Å². The van der Waals surface area contributed by atoms with Crippen LogP contribution in [0.2, 0.25) is 0 Å². The predicted molar refractivity (Wildman–Crippen MR) is 112 cm³/mol. The Bertz CT molecular complexity index is 559. The highest BCUT2D eigenvalue weighted by molar-refractivity contribution is 14.0. The van der Waals surface area contributed by atoms with Crippen LogP contribution in [-0.4, -0.2) is 42.2 Å². The van der Waals surface area contributed by atoms with Crippen LogP contribution in [0.5, 0.6) is 0 Å². The first kappa shape index (κ1) is 23.7. The largest absolute Gasteiger partial charge is 0.361 e. The van der Waals surface area contributed by atoms with E-state index in [1.807, 2.05) is 41.5 Å². The van der Waals surface area contributed by atoms with Crippen molar-refractivity contribution in [1.82, 2.24) is 21.1 Å². The molecule has 144 valence electrons. The third-order valence-corrected chi connectivity index (χ3v) is 3.40. The lowest BCUT2D eigenvalue weighted by Gasteiger charge is -2.20. The van der Waals surface area contributed by atoms with Gasteiger partial charge in [0.15, 0.2) is 5.96 Å². The van der Waals surface area contributed by atoms with Gasteiger partial charge in [-0.05, 0) is 41.5 Å². The van der Waals surface area contributed by atoms with Crippen molar-refractivity contribution in [2.24, 2.45) is 4.99 Å². The van der Waals surface area contributed by atoms with Crippen molar-refractivity contribution in [1.29, 1.82) is 0 Å². The Hall–Kier alpha value is -1.32. The first-order valence-electron chi connectivity index (χ1n) is 8.40. The molecule has 3 N–H and O–H groups in total. The number of aromatic nitrogens is 1. The van der Waals surface area contributed by atoms with Crippen LogP contribution in [0.15, 0.2) is 9.52 Å². The second-order valence-electron chi connectivity index (χ2n) is 7.01. The summed E-state index contributed by atoms with van der Waals surface area (Å²) in [7, 11) is 0. The van der Waals surface area contributed by atoms with Gasteiger partial charge in [0.1, 0.15) is 12.3 Å². The summed E-state index contributed by atoms with van der Waals surface area (Å²) in [5.74, 6) is 1.59. The molecule has 1 atom stereocenters. The molecule has 0 radical (unpaired) electrons. The Kier molecular flexibility index (Phi) is 10.1. The maximum absolute atomic E-state index is 11.9. The Morgan fingerprint density at radius 3 is 2.40 bits per heavy atom. The molecule has 1 heterocycles. The third kappa shape index (κ3) is 8.55. The number of halogens is 1. The first-order valence-corrected chi connectivity index (χ1v) is 8.40. The fraction of sp³-hybridized carbons (Fsp3) is 0.706. The van der Waals surface area contributed by atoms with Crippen LogP contribution in [0.1, 0.15) is 57.6 Å². The minimum absolute atomic E-state index is 0. The number of hydrogen-bond acceptors (Lipinski definition) is 4. The zero-order valence-corrected chi connectivity index (χ0v) is 18.6. The lowest BCUT2D eigenvalue weighted by atomic mass is 10.00. The Labute approximate surface area is 167 Å². The summed E-state index contributed by atoms with van der Waals surface area (Å²) >= 11 is 0. The highest BCUT2D eigenvalue weighted by Gasteiger charge is 2.17. The molecule has 7 nitrogen and oxygen atoms in total. The molecule has 8 heteroatoms. The van der Waals surface area contributed by atoms with E-state index in [0.29, 0.717) is 12.5 Å². The summed E-state index contributed by atoms with van der Waals surface area (Å²) in [6, 6.07) is 0. The lowest BCUT2D eigenvalue weighted by molar-refractivity contribution is -0.121. The van der Waals surface area contributed by atoms with Crippen molar-refractivity contribution >= 4 is 35.8 Å². The molecule has 0 aliphatic carbocycles. The van der Waals surface area contributed by atoms with Gasteiger partial charge < -0.3 is 20.5 Å². The van der Waals surface area contributed by atoms with E-state index < -0.39 is 0 Å². The summed E-state index contributed by atoms with van der Waals surface area (Å²) in [5, 5.41) is 13.3. The molecule has 1 amide bonds. The van der Waals surface area contributed by atoms with Crippen LogP contribution in [0, 0.1) is 13.8 Å². The van der Waals surface area contributed by atoms with E-state index in [2.05, 4.69) is 33.0 Å². The van der Waals surface area contributed by atoms with Crippen molar-refractivity contribution in [3.63, 3.8) is 0 Å². The molecule has 0 aromatic carbocycles. The SMILES string of the molecule is CCNC(=NCC(=O)NC(C)(C)C)NCC(C)c1c(C)noc1C.I. The Balaban J connectivity index is 0.00000576. The van der Waals surface area contributed by atoms with Crippen LogP contribution in [-0.2, 0) is 4.79 Å². The van der Waals surface area contributed by atoms with Crippen molar-refractivity contribution in [2.75, 3.05) is 19.6 Å². The van der Waals surface area contributed by atoms with E-state index in [-0.39, 0.29) is 47.9 Å². The molecule has 1 unspecified atom stereocenters. The Morgan fingerprint density at radius 1 is 1.28 bits per heavy atom. The van der Waals surface area contributed by atoms with E-state index >= 15 is 0 Å². The molecule has 1 aromatic heterocycles. The van der Waals surface area contributed by atoms with Crippen LogP contribution in [0.3, 0.4) is 0 Å². The minimum Gasteiger partial charge on any atom is -0.361 e. The topological polar surface area (TPSA) is 91.5 Å². The highest BCUT2D eigenvalue weighted by atomic mass is 127. The summed E-state index contributed by atoms with van der Waals surface area (Å²) < 4.78 is 5.22. The van der Waals surface area contributed by atoms with Gasteiger partial charge in [-0.1, -0.05) is 12.1 Å². The number of carbonyl (C=O) groups is 1. The molecule has 0 saturated heterocycles. The highest BCUT2D eigenvalue weighted by Crippen LogP contribution is 2.22. The van der Waals surface area contributed by atoms with E-state index in [4.69, 9.17) is 4.52 Å². The molecule has 25 heavy (non-hydrogen) atoms. The van der Waals surface area contributed by atoms with Gasteiger partial charge in [0.25, 0.3) is 0 Å². The fourth-order valence-corrected chi connectivity index (χ4v) is 2.50. The number of nitrogens with zero attached hydrogens (tertiary/aromatic N) is 2. The monoisotopic (exact) mass is 465 g/mol. The molecule has 0 aliphatic heterocycles. The number of aryl methyl sites for hydroxylation is 2. The van der Waals surface area contributed by atoms with Gasteiger partial charge in [-0.15, -0.1) is 24.0 Å². The molecule has 0 bridgehead atoms. The average Bonchev–Trinajstić information content (AvgIpc) is 2.79. The van der Waals surface area contributed by atoms with E-state index in [0.717, 1.165) is 23.6 Å². The molecule has 0 aliphatic rings. The van der Waals surface area contributed by atoms with E-state index in [9.17, 15) is 4.79 Å². The van der Waals surface area contributed by atoms with Crippen LogP contribution >= 0.6 is 24.0 Å². The lowest BCUT2D eigenvalue weighted by Crippen LogP contribution is -2.43. The fourth-order valence-electron chi connectivity index (χ4n) is 2.50. The summed E-state index contributed by atoms with van der Waals surface area (Å²) in [6.45, 7) is 15.3. The van der Waals surface area contributed by atoms with Crippen LogP contribution < -0.4 is 16.0 Å². The molecular weight excluding hydrogens is 433 g/mol. The molecular formula is C17H32IN5O2. The second kappa shape index (κ2) is 10.6. The summed E-state index contributed by atoms with van der Waals surface area (Å²) in [5.41, 5.74) is 1.77. The number of amides is 1. The number of aliphatic imine (C=N–C) groups is 1. The average molecular weight is 465 g/mol.